The third-order valence-electron chi connectivity index (χ3n) is 4.24. The molecule has 25 heavy (non-hydrogen) atoms. The van der Waals surface area contributed by atoms with Gasteiger partial charge in [0.1, 0.15) is 0 Å². The number of amides is 2. The zero-order valence-electron chi connectivity index (χ0n) is 13.5. The fourth-order valence-electron chi connectivity index (χ4n) is 2.66. The maximum atomic E-state index is 12.6. The molecular weight excluding hydrogens is 333 g/mol. The van der Waals surface area contributed by atoms with Crippen LogP contribution < -0.4 is 10.6 Å². The van der Waals surface area contributed by atoms with Crippen molar-refractivity contribution in [3.63, 3.8) is 0 Å². The first kappa shape index (κ1) is 17.0. The molecule has 0 aromatic heterocycles. The van der Waals surface area contributed by atoms with Crippen LogP contribution in [0, 0.1) is 0 Å². The first-order chi connectivity index (χ1) is 11.6. The van der Waals surface area contributed by atoms with Crippen LogP contribution in [0.5, 0.6) is 0 Å². The van der Waals surface area contributed by atoms with E-state index in [9.17, 15) is 22.8 Å². The highest BCUT2D eigenvalue weighted by molar-refractivity contribution is 6.07. The summed E-state index contributed by atoms with van der Waals surface area (Å²) in [7, 11) is 0. The van der Waals surface area contributed by atoms with Crippen molar-refractivity contribution >= 4 is 23.2 Å². The molecule has 0 spiro atoms. The van der Waals surface area contributed by atoms with Gasteiger partial charge in [0.05, 0.1) is 11.0 Å². The molecule has 2 aromatic carbocycles. The van der Waals surface area contributed by atoms with Gasteiger partial charge in [-0.1, -0.05) is 0 Å². The van der Waals surface area contributed by atoms with E-state index < -0.39 is 23.1 Å². The lowest BCUT2D eigenvalue weighted by molar-refractivity contribution is -0.137. The van der Waals surface area contributed by atoms with Crippen LogP contribution in [-0.4, -0.2) is 11.8 Å². The Balaban J connectivity index is 1.81. The molecule has 4 nitrogen and oxygen atoms in total. The summed E-state index contributed by atoms with van der Waals surface area (Å²) in [4.78, 5) is 24.2. The minimum absolute atomic E-state index is 0.113. The van der Waals surface area contributed by atoms with Gasteiger partial charge in [0.2, 0.25) is 5.91 Å². The van der Waals surface area contributed by atoms with Gasteiger partial charge < -0.3 is 10.6 Å². The Morgan fingerprint density at radius 1 is 1.08 bits per heavy atom. The monoisotopic (exact) mass is 348 g/mol. The Morgan fingerprint density at radius 2 is 1.72 bits per heavy atom. The molecule has 2 amide bonds. The van der Waals surface area contributed by atoms with Crippen molar-refractivity contribution in [2.45, 2.75) is 25.4 Å². The summed E-state index contributed by atoms with van der Waals surface area (Å²) >= 11 is 0. The predicted molar refractivity (Wildman–Crippen MR) is 87.5 cm³/mol. The van der Waals surface area contributed by atoms with E-state index in [4.69, 9.17) is 0 Å². The summed E-state index contributed by atoms with van der Waals surface area (Å²) in [6.07, 6.45) is -4.44. The number of alkyl halides is 3. The van der Waals surface area contributed by atoms with Crippen LogP contribution in [0.15, 0.2) is 42.5 Å². The largest absolute Gasteiger partial charge is 0.416 e. The summed E-state index contributed by atoms with van der Waals surface area (Å²) in [5.74, 6) is -0.655. The molecule has 7 heteroatoms. The Bertz CT molecular complexity index is 856. The zero-order valence-corrected chi connectivity index (χ0v) is 13.5. The minimum Gasteiger partial charge on any atom is -0.325 e. The number of carbonyl (C=O) groups is 2. The summed E-state index contributed by atoms with van der Waals surface area (Å²) < 4.78 is 37.7. The highest BCUT2D eigenvalue weighted by atomic mass is 19.4. The maximum Gasteiger partial charge on any atom is 0.416 e. The SMILES string of the molecule is CC1(C)C(=O)Nc2ccc(NC(=O)c3ccc(C(F)(F)F)cc3)cc21. The number of benzene rings is 2. The normalized spacial score (nSPS) is 15.5. The van der Waals surface area contributed by atoms with Gasteiger partial charge in [0, 0.05) is 16.9 Å². The fraction of sp³-hybridized carbons (Fsp3) is 0.222. The van der Waals surface area contributed by atoms with Crippen LogP contribution in [0.25, 0.3) is 0 Å². The predicted octanol–water partition coefficient (Wildman–Crippen LogP) is 4.19. The number of carbonyl (C=O) groups excluding carboxylic acids is 2. The molecule has 0 saturated heterocycles. The summed E-state index contributed by atoms with van der Waals surface area (Å²) in [5, 5.41) is 5.40. The Kier molecular flexibility index (Phi) is 3.82. The van der Waals surface area contributed by atoms with Crippen LogP contribution in [0.4, 0.5) is 24.5 Å². The van der Waals surface area contributed by atoms with Crippen molar-refractivity contribution < 1.29 is 22.8 Å². The number of halogens is 3. The molecular formula is C18H15F3N2O2. The van der Waals surface area contributed by atoms with Gasteiger partial charge in [-0.3, -0.25) is 9.59 Å². The Hall–Kier alpha value is -2.83. The Labute approximate surface area is 142 Å². The maximum absolute atomic E-state index is 12.6. The van der Waals surface area contributed by atoms with Gasteiger partial charge in [-0.2, -0.15) is 13.2 Å². The molecule has 3 rings (SSSR count). The lowest BCUT2D eigenvalue weighted by atomic mass is 9.86. The van der Waals surface area contributed by atoms with E-state index in [1.54, 1.807) is 32.0 Å². The third kappa shape index (κ3) is 3.09. The Morgan fingerprint density at radius 3 is 2.32 bits per heavy atom. The van der Waals surface area contributed by atoms with Gasteiger partial charge >= 0.3 is 6.18 Å². The molecule has 1 aliphatic rings. The lowest BCUT2D eigenvalue weighted by Gasteiger charge is -2.16. The molecule has 0 bridgehead atoms. The molecule has 0 fully saturated rings. The molecule has 2 N–H and O–H groups in total. The number of nitrogens with one attached hydrogen (secondary N) is 2. The quantitative estimate of drug-likeness (QED) is 0.855. The number of fused-ring (bicyclic) bond motifs is 1. The second-order valence-corrected chi connectivity index (χ2v) is 6.37. The van der Waals surface area contributed by atoms with Crippen molar-refractivity contribution in [1.82, 2.24) is 0 Å². The zero-order chi connectivity index (χ0) is 18.4. The van der Waals surface area contributed by atoms with Gasteiger partial charge in [-0.15, -0.1) is 0 Å². The van der Waals surface area contributed by atoms with E-state index in [0.717, 1.165) is 29.8 Å². The number of rotatable bonds is 2. The topological polar surface area (TPSA) is 58.2 Å². The van der Waals surface area contributed by atoms with Crippen LogP contribution in [0.2, 0.25) is 0 Å². The molecule has 130 valence electrons. The molecule has 0 atom stereocenters. The molecule has 0 unspecified atom stereocenters. The van der Waals surface area contributed by atoms with Gasteiger partial charge in [0.15, 0.2) is 0 Å². The van der Waals surface area contributed by atoms with E-state index in [2.05, 4.69) is 10.6 Å². The second kappa shape index (κ2) is 5.61. The van der Waals surface area contributed by atoms with Crippen LogP contribution in [-0.2, 0) is 16.4 Å². The van der Waals surface area contributed by atoms with E-state index in [-0.39, 0.29) is 11.5 Å². The molecule has 0 aliphatic carbocycles. The van der Waals surface area contributed by atoms with Gasteiger partial charge in [0.25, 0.3) is 5.91 Å². The smallest absolute Gasteiger partial charge is 0.325 e. The average molecular weight is 348 g/mol. The standard InChI is InChI=1S/C18H15F3N2O2/c1-17(2)13-9-12(7-8-14(13)23-16(17)25)22-15(24)10-3-5-11(6-4-10)18(19,20)21/h3-9H,1-2H3,(H,22,24)(H,23,25). The van der Waals surface area contributed by atoms with E-state index in [1.165, 1.54) is 0 Å². The third-order valence-corrected chi connectivity index (χ3v) is 4.24. The van der Waals surface area contributed by atoms with Crippen molar-refractivity contribution in [2.75, 3.05) is 10.6 Å². The molecule has 2 aromatic rings. The summed E-state index contributed by atoms with van der Waals surface area (Å²) in [6, 6.07) is 8.98. The number of hydrogen-bond donors (Lipinski definition) is 2. The van der Waals surface area contributed by atoms with Crippen LogP contribution in [0.3, 0.4) is 0 Å². The molecule has 1 aliphatic heterocycles. The second-order valence-electron chi connectivity index (χ2n) is 6.37. The van der Waals surface area contributed by atoms with E-state index >= 15 is 0 Å². The first-order valence-corrected chi connectivity index (χ1v) is 7.53. The molecule has 0 radical (unpaired) electrons. The fourth-order valence-corrected chi connectivity index (χ4v) is 2.66. The highest BCUT2D eigenvalue weighted by Gasteiger charge is 2.38. The summed E-state index contributed by atoms with van der Waals surface area (Å²) in [6.45, 7) is 3.55. The van der Waals surface area contributed by atoms with Crippen molar-refractivity contribution in [2.24, 2.45) is 0 Å². The van der Waals surface area contributed by atoms with E-state index in [0.29, 0.717) is 11.4 Å². The lowest BCUT2D eigenvalue weighted by Crippen LogP contribution is -2.26. The highest BCUT2D eigenvalue weighted by Crippen LogP contribution is 2.38. The van der Waals surface area contributed by atoms with Crippen molar-refractivity contribution in [3.8, 4) is 0 Å². The summed E-state index contributed by atoms with van der Waals surface area (Å²) in [5.41, 5.74) is 0.484. The molecule has 0 saturated carbocycles. The van der Waals surface area contributed by atoms with Gasteiger partial charge in [-0.25, -0.2) is 0 Å². The average Bonchev–Trinajstić information content (AvgIpc) is 2.77. The first-order valence-electron chi connectivity index (χ1n) is 7.53. The molecule has 1 heterocycles. The minimum atomic E-state index is -4.44. The van der Waals surface area contributed by atoms with E-state index in [1.807, 2.05) is 0 Å². The van der Waals surface area contributed by atoms with Crippen LogP contribution >= 0.6 is 0 Å². The van der Waals surface area contributed by atoms with Crippen molar-refractivity contribution in [3.05, 3.63) is 59.2 Å². The van der Waals surface area contributed by atoms with Gasteiger partial charge in [-0.05, 0) is 61.9 Å². The number of hydrogen-bond acceptors (Lipinski definition) is 2. The van der Waals surface area contributed by atoms with Crippen LogP contribution in [0.1, 0.15) is 35.3 Å². The van der Waals surface area contributed by atoms with Crippen molar-refractivity contribution in [1.29, 1.82) is 0 Å². The number of anilines is 2.